The largest absolute Gasteiger partial charge is 0.381 e. The number of piperazine rings is 1. The molecule has 0 aromatic carbocycles. The number of sulfonamides is 1. The second-order valence-corrected chi connectivity index (χ2v) is 6.97. The minimum absolute atomic E-state index is 0.0392. The van der Waals surface area contributed by atoms with E-state index in [1.807, 2.05) is 6.92 Å². The summed E-state index contributed by atoms with van der Waals surface area (Å²) in [5.41, 5.74) is 0. The van der Waals surface area contributed by atoms with E-state index in [2.05, 4.69) is 17.9 Å². The third kappa shape index (κ3) is 5.02. The lowest BCUT2D eigenvalue weighted by atomic mass is 10.1. The van der Waals surface area contributed by atoms with Crippen LogP contribution in [0.3, 0.4) is 0 Å². The molecule has 0 N–H and O–H groups in total. The Morgan fingerprint density at radius 3 is 2.40 bits per heavy atom. The summed E-state index contributed by atoms with van der Waals surface area (Å²) in [4.78, 5) is 2.08. The molecule has 1 rings (SSSR count). The van der Waals surface area contributed by atoms with Crippen molar-refractivity contribution in [1.82, 2.24) is 9.21 Å². The predicted molar refractivity (Wildman–Crippen MR) is 77.7 cm³/mol. The zero-order chi connectivity index (χ0) is 15.0. The van der Waals surface area contributed by atoms with Gasteiger partial charge in [0, 0.05) is 32.8 Å². The number of hydrogen-bond acceptors (Lipinski definition) is 5. The lowest BCUT2D eigenvalue weighted by Crippen LogP contribution is -2.52. The zero-order valence-corrected chi connectivity index (χ0v) is 13.2. The van der Waals surface area contributed by atoms with Crippen LogP contribution in [0.4, 0.5) is 0 Å². The van der Waals surface area contributed by atoms with Gasteiger partial charge in [0.1, 0.15) is 0 Å². The number of nitrogens with zero attached hydrogens (tertiary/aromatic N) is 3. The van der Waals surface area contributed by atoms with Crippen LogP contribution in [-0.2, 0) is 14.8 Å². The van der Waals surface area contributed by atoms with Crippen molar-refractivity contribution in [3.05, 3.63) is 0 Å². The highest BCUT2D eigenvalue weighted by molar-refractivity contribution is 7.89. The molecule has 1 unspecified atom stereocenters. The van der Waals surface area contributed by atoms with Crippen molar-refractivity contribution in [1.29, 1.82) is 5.26 Å². The molecule has 0 aliphatic carbocycles. The molecule has 0 aromatic rings. The monoisotopic (exact) mass is 303 g/mol. The molecule has 6 nitrogen and oxygen atoms in total. The van der Waals surface area contributed by atoms with E-state index in [0.717, 1.165) is 12.8 Å². The molecule has 1 heterocycles. The molecule has 1 saturated heterocycles. The smallest absolute Gasteiger partial charge is 0.216 e. The molecule has 0 saturated carbocycles. The van der Waals surface area contributed by atoms with Gasteiger partial charge in [-0.2, -0.15) is 9.57 Å². The Kier molecular flexibility index (Phi) is 7.45. The van der Waals surface area contributed by atoms with Gasteiger partial charge in [0.25, 0.3) is 0 Å². The highest BCUT2D eigenvalue weighted by Gasteiger charge is 2.29. The van der Waals surface area contributed by atoms with Gasteiger partial charge in [-0.05, 0) is 13.3 Å². The number of ether oxygens (including phenoxy) is 1. The van der Waals surface area contributed by atoms with Gasteiger partial charge in [-0.1, -0.05) is 13.3 Å². The van der Waals surface area contributed by atoms with Crippen molar-refractivity contribution < 1.29 is 13.2 Å². The van der Waals surface area contributed by atoms with Crippen molar-refractivity contribution in [2.24, 2.45) is 0 Å². The standard InChI is InChI=1S/C13H25N3O3S/c1-3-5-13(12-14)15-6-8-16(9-7-15)20(17,18)11-10-19-4-2/h13H,3-11H2,1-2H3. The predicted octanol–water partition coefficient (Wildman–Crippen LogP) is 0.663. The van der Waals surface area contributed by atoms with Crippen molar-refractivity contribution in [2.45, 2.75) is 32.7 Å². The van der Waals surface area contributed by atoms with E-state index in [0.29, 0.717) is 32.8 Å². The minimum Gasteiger partial charge on any atom is -0.381 e. The van der Waals surface area contributed by atoms with Crippen molar-refractivity contribution in [3.63, 3.8) is 0 Å². The van der Waals surface area contributed by atoms with Crippen LogP contribution in [0.25, 0.3) is 0 Å². The maximum absolute atomic E-state index is 12.1. The summed E-state index contributed by atoms with van der Waals surface area (Å²) in [6, 6.07) is 2.22. The Morgan fingerprint density at radius 1 is 1.25 bits per heavy atom. The average molecular weight is 303 g/mol. The Morgan fingerprint density at radius 2 is 1.90 bits per heavy atom. The third-order valence-corrected chi connectivity index (χ3v) is 5.34. The van der Waals surface area contributed by atoms with E-state index in [1.54, 1.807) is 0 Å². The topological polar surface area (TPSA) is 73.6 Å². The molecule has 7 heteroatoms. The van der Waals surface area contributed by atoms with Crippen LogP contribution < -0.4 is 0 Å². The second kappa shape index (κ2) is 8.57. The fourth-order valence-corrected chi connectivity index (χ4v) is 3.64. The molecule has 1 fully saturated rings. The van der Waals surface area contributed by atoms with Gasteiger partial charge in [0.2, 0.25) is 10.0 Å². The van der Waals surface area contributed by atoms with Gasteiger partial charge in [-0.3, -0.25) is 4.90 Å². The van der Waals surface area contributed by atoms with Crippen molar-refractivity contribution in [3.8, 4) is 6.07 Å². The lowest BCUT2D eigenvalue weighted by Gasteiger charge is -2.36. The summed E-state index contributed by atoms with van der Waals surface area (Å²) in [7, 11) is -3.22. The summed E-state index contributed by atoms with van der Waals surface area (Å²) in [6.45, 7) is 6.88. The maximum atomic E-state index is 12.1. The summed E-state index contributed by atoms with van der Waals surface area (Å²) >= 11 is 0. The van der Waals surface area contributed by atoms with Gasteiger partial charge in [-0.25, -0.2) is 8.42 Å². The summed E-state index contributed by atoms with van der Waals surface area (Å²) in [5, 5.41) is 9.14. The van der Waals surface area contributed by atoms with Gasteiger partial charge < -0.3 is 4.74 Å². The van der Waals surface area contributed by atoms with Gasteiger partial charge in [0.15, 0.2) is 0 Å². The van der Waals surface area contributed by atoms with Crippen LogP contribution in [0.15, 0.2) is 0 Å². The normalized spacial score (nSPS) is 19.6. The third-order valence-electron chi connectivity index (χ3n) is 3.51. The van der Waals surface area contributed by atoms with Crippen LogP contribution in [0, 0.1) is 11.3 Å². The molecular formula is C13H25N3O3S. The molecule has 0 bridgehead atoms. The number of nitriles is 1. The highest BCUT2D eigenvalue weighted by Crippen LogP contribution is 2.13. The molecule has 0 aromatic heterocycles. The average Bonchev–Trinajstić information content (AvgIpc) is 2.45. The molecule has 1 aliphatic heterocycles. The van der Waals surface area contributed by atoms with Crippen LogP contribution in [0.5, 0.6) is 0 Å². The summed E-state index contributed by atoms with van der Waals surface area (Å²) in [5.74, 6) is 0.0392. The van der Waals surface area contributed by atoms with E-state index in [-0.39, 0.29) is 18.4 Å². The molecule has 0 amide bonds. The number of hydrogen-bond donors (Lipinski definition) is 0. The van der Waals surface area contributed by atoms with Crippen LogP contribution >= 0.6 is 0 Å². The fraction of sp³-hybridized carbons (Fsp3) is 0.923. The Balaban J connectivity index is 2.47. The van der Waals surface area contributed by atoms with Gasteiger partial charge >= 0.3 is 0 Å². The minimum atomic E-state index is -3.22. The molecule has 1 aliphatic rings. The van der Waals surface area contributed by atoms with Crippen LogP contribution in [0.2, 0.25) is 0 Å². The van der Waals surface area contributed by atoms with Crippen molar-refractivity contribution in [2.75, 3.05) is 45.1 Å². The van der Waals surface area contributed by atoms with Crippen molar-refractivity contribution >= 4 is 10.0 Å². The zero-order valence-electron chi connectivity index (χ0n) is 12.4. The molecule has 116 valence electrons. The molecule has 20 heavy (non-hydrogen) atoms. The first-order chi connectivity index (χ1) is 9.55. The van der Waals surface area contributed by atoms with Gasteiger partial charge in [0.05, 0.1) is 24.5 Å². The summed E-state index contributed by atoms with van der Waals surface area (Å²) < 4.78 is 30.8. The Bertz CT molecular complexity index is 411. The Labute approximate surface area is 122 Å². The highest BCUT2D eigenvalue weighted by atomic mass is 32.2. The molecular weight excluding hydrogens is 278 g/mol. The van der Waals surface area contributed by atoms with Gasteiger partial charge in [-0.15, -0.1) is 0 Å². The van der Waals surface area contributed by atoms with E-state index < -0.39 is 10.0 Å². The molecule has 1 atom stereocenters. The lowest BCUT2D eigenvalue weighted by molar-refractivity contribution is 0.150. The molecule has 0 spiro atoms. The van der Waals surface area contributed by atoms with E-state index >= 15 is 0 Å². The first-order valence-electron chi connectivity index (χ1n) is 7.24. The first-order valence-corrected chi connectivity index (χ1v) is 8.85. The number of rotatable bonds is 8. The van der Waals surface area contributed by atoms with E-state index in [1.165, 1.54) is 4.31 Å². The van der Waals surface area contributed by atoms with Crippen LogP contribution in [0.1, 0.15) is 26.7 Å². The maximum Gasteiger partial charge on any atom is 0.216 e. The first kappa shape index (κ1) is 17.4. The van der Waals surface area contributed by atoms with E-state index in [4.69, 9.17) is 10.00 Å². The van der Waals surface area contributed by atoms with Crippen LogP contribution in [-0.4, -0.2) is 68.8 Å². The fourth-order valence-electron chi connectivity index (χ4n) is 2.33. The quantitative estimate of drug-likeness (QED) is 0.616. The summed E-state index contributed by atoms with van der Waals surface area (Å²) in [6.07, 6.45) is 1.80. The van der Waals surface area contributed by atoms with E-state index in [9.17, 15) is 8.42 Å². The second-order valence-electron chi connectivity index (χ2n) is 4.88. The SMILES string of the molecule is CCCC(C#N)N1CCN(S(=O)(=O)CCOCC)CC1. The Hall–Kier alpha value is -0.680. The molecule has 0 radical (unpaired) electrons.